The van der Waals surface area contributed by atoms with Gasteiger partial charge in [0.25, 0.3) is 0 Å². The lowest BCUT2D eigenvalue weighted by Crippen LogP contribution is -2.27. The highest BCUT2D eigenvalue weighted by atomic mass is 16.7. The van der Waals surface area contributed by atoms with Crippen LogP contribution in [0.4, 0.5) is 0 Å². The number of benzene rings is 1. The molecule has 3 heteroatoms. The third kappa shape index (κ3) is 1.54. The topological polar surface area (TPSA) is 27.7 Å². The monoisotopic (exact) mass is 203 g/mol. The smallest absolute Gasteiger partial charge is 0.372 e. The van der Waals surface area contributed by atoms with Crippen molar-refractivity contribution in [2.24, 2.45) is 0 Å². The lowest BCUT2D eigenvalue weighted by molar-refractivity contribution is 0.0133. The predicted molar refractivity (Wildman–Crippen MR) is 54.2 cm³/mol. The number of rotatable bonds is 1. The fourth-order valence-electron chi connectivity index (χ4n) is 1.70. The van der Waals surface area contributed by atoms with Gasteiger partial charge in [-0.25, -0.2) is 0 Å². The zero-order valence-corrected chi connectivity index (χ0v) is 8.18. The van der Waals surface area contributed by atoms with Gasteiger partial charge >= 0.3 is 6.29 Å². The average Bonchev–Trinajstić information content (AvgIpc) is 2.74. The fourth-order valence-corrected chi connectivity index (χ4v) is 1.70. The van der Waals surface area contributed by atoms with Crippen molar-refractivity contribution >= 4 is 0 Å². The summed E-state index contributed by atoms with van der Waals surface area (Å²) < 4.78 is 16.6. The quantitative estimate of drug-likeness (QED) is 0.702. The summed E-state index contributed by atoms with van der Waals surface area (Å²) in [7, 11) is 0. The van der Waals surface area contributed by atoms with Gasteiger partial charge in [-0.3, -0.25) is 0 Å². The summed E-state index contributed by atoms with van der Waals surface area (Å²) in [5.41, 5.74) is 0. The number of para-hydroxylation sites is 2. The number of fused-ring (bicyclic) bond motifs is 1. The maximum absolute atomic E-state index is 5.58. The summed E-state index contributed by atoms with van der Waals surface area (Å²) in [4.78, 5) is 0. The first-order valence-corrected chi connectivity index (χ1v) is 5.05. The van der Waals surface area contributed by atoms with E-state index in [2.05, 4.69) is 0 Å². The van der Waals surface area contributed by atoms with Crippen LogP contribution in [0.25, 0.3) is 0 Å². The molecule has 1 atom stereocenters. The molecule has 2 aliphatic heterocycles. The third-order valence-corrected chi connectivity index (χ3v) is 2.47. The molecule has 1 unspecified atom stereocenters. The van der Waals surface area contributed by atoms with Gasteiger partial charge in [0.1, 0.15) is 0 Å². The molecule has 0 saturated heterocycles. The van der Waals surface area contributed by atoms with Crippen LogP contribution in [0.15, 0.2) is 36.6 Å². The Hall–Kier alpha value is -1.64. The number of ether oxygens (including phenoxy) is 3. The number of allylic oxidation sites excluding steroid dienone is 1. The third-order valence-electron chi connectivity index (χ3n) is 2.47. The first kappa shape index (κ1) is 8.65. The van der Waals surface area contributed by atoms with E-state index in [0.29, 0.717) is 6.29 Å². The highest BCUT2D eigenvalue weighted by Crippen LogP contribution is 2.39. The Bertz CT molecular complexity index is 361. The Morgan fingerprint density at radius 1 is 1.07 bits per heavy atom. The molecule has 0 amide bonds. The second-order valence-electron chi connectivity index (χ2n) is 3.54. The van der Waals surface area contributed by atoms with Crippen molar-refractivity contribution in [2.75, 3.05) is 0 Å². The fraction of sp³-hybridized carbons (Fsp3) is 0.250. The van der Waals surface area contributed by atoms with E-state index in [1.807, 2.05) is 30.3 Å². The van der Waals surface area contributed by atoms with E-state index in [4.69, 9.17) is 14.2 Å². The van der Waals surface area contributed by atoms with Gasteiger partial charge < -0.3 is 14.2 Å². The molecule has 1 radical (unpaired) electrons. The second-order valence-corrected chi connectivity index (χ2v) is 3.54. The van der Waals surface area contributed by atoms with Gasteiger partial charge in [-0.15, -0.1) is 0 Å². The molecule has 77 valence electrons. The minimum Gasteiger partial charge on any atom is -0.490 e. The summed E-state index contributed by atoms with van der Waals surface area (Å²) in [5.74, 6) is 1.54. The molecule has 0 aliphatic carbocycles. The van der Waals surface area contributed by atoms with Crippen molar-refractivity contribution in [3.63, 3.8) is 0 Å². The van der Waals surface area contributed by atoms with Crippen molar-refractivity contribution in [3.8, 4) is 11.5 Å². The Balaban J connectivity index is 1.75. The normalized spacial score (nSPS) is 23.9. The molecule has 0 bridgehead atoms. The number of hydrogen-bond acceptors (Lipinski definition) is 3. The van der Waals surface area contributed by atoms with Crippen molar-refractivity contribution in [2.45, 2.75) is 18.9 Å². The van der Waals surface area contributed by atoms with E-state index < -0.39 is 0 Å². The summed E-state index contributed by atoms with van der Waals surface area (Å²) >= 11 is 0. The average molecular weight is 203 g/mol. The van der Waals surface area contributed by atoms with Crippen LogP contribution < -0.4 is 9.47 Å². The molecule has 2 aliphatic rings. The molecular formula is C12H11O3. The molecule has 0 fully saturated rings. The first-order valence-electron chi connectivity index (χ1n) is 5.05. The van der Waals surface area contributed by atoms with Crippen LogP contribution in [0.2, 0.25) is 0 Å². The summed E-state index contributed by atoms with van der Waals surface area (Å²) in [5, 5.41) is 0. The van der Waals surface area contributed by atoms with E-state index in [-0.39, 0.29) is 6.10 Å². The van der Waals surface area contributed by atoms with Gasteiger partial charge in [-0.1, -0.05) is 12.1 Å². The van der Waals surface area contributed by atoms with E-state index in [1.165, 1.54) is 0 Å². The predicted octanol–water partition coefficient (Wildman–Crippen LogP) is 2.64. The number of hydrogen-bond donors (Lipinski definition) is 0. The molecule has 2 heterocycles. The van der Waals surface area contributed by atoms with Crippen molar-refractivity contribution in [3.05, 3.63) is 42.9 Å². The van der Waals surface area contributed by atoms with E-state index in [9.17, 15) is 0 Å². The minimum absolute atomic E-state index is 0.0811. The summed E-state index contributed by atoms with van der Waals surface area (Å²) in [6.07, 6.45) is 6.08. The van der Waals surface area contributed by atoms with Gasteiger partial charge in [0.05, 0.1) is 6.26 Å². The zero-order chi connectivity index (χ0) is 10.1. The maximum atomic E-state index is 5.58. The first-order chi connectivity index (χ1) is 7.43. The van der Waals surface area contributed by atoms with Gasteiger partial charge in [0, 0.05) is 0 Å². The molecule has 0 aromatic heterocycles. The van der Waals surface area contributed by atoms with Crippen molar-refractivity contribution < 1.29 is 14.2 Å². The molecule has 3 rings (SSSR count). The SMILES string of the molecule is C1=COC([C]2Oc3ccccc3O2)CC1. The highest BCUT2D eigenvalue weighted by molar-refractivity contribution is 5.43. The Kier molecular flexibility index (Phi) is 2.02. The molecule has 0 N–H and O–H groups in total. The van der Waals surface area contributed by atoms with Gasteiger partial charge in [0.2, 0.25) is 0 Å². The van der Waals surface area contributed by atoms with E-state index in [1.54, 1.807) is 6.26 Å². The van der Waals surface area contributed by atoms with Gasteiger partial charge in [-0.05, 0) is 31.1 Å². The molecule has 0 saturated carbocycles. The Morgan fingerprint density at radius 2 is 1.80 bits per heavy atom. The second kappa shape index (κ2) is 3.50. The molecule has 1 aromatic rings. The largest absolute Gasteiger partial charge is 0.490 e. The van der Waals surface area contributed by atoms with Gasteiger partial charge in [0.15, 0.2) is 17.6 Å². The molecular weight excluding hydrogens is 192 g/mol. The van der Waals surface area contributed by atoms with Crippen LogP contribution in [0.1, 0.15) is 12.8 Å². The van der Waals surface area contributed by atoms with Crippen LogP contribution in [-0.4, -0.2) is 6.10 Å². The minimum atomic E-state index is -0.0811. The van der Waals surface area contributed by atoms with Crippen molar-refractivity contribution in [1.29, 1.82) is 0 Å². The summed E-state index contributed by atoms with van der Waals surface area (Å²) in [6, 6.07) is 7.63. The molecule has 0 spiro atoms. The molecule has 1 aromatic carbocycles. The van der Waals surface area contributed by atoms with Crippen LogP contribution in [0, 0.1) is 6.29 Å². The maximum Gasteiger partial charge on any atom is 0.372 e. The van der Waals surface area contributed by atoms with Crippen LogP contribution in [0.5, 0.6) is 11.5 Å². The Morgan fingerprint density at radius 3 is 2.40 bits per heavy atom. The molecule has 3 nitrogen and oxygen atoms in total. The zero-order valence-electron chi connectivity index (χ0n) is 8.18. The lowest BCUT2D eigenvalue weighted by atomic mass is 10.1. The van der Waals surface area contributed by atoms with E-state index >= 15 is 0 Å². The lowest BCUT2D eigenvalue weighted by Gasteiger charge is -2.21. The summed E-state index contributed by atoms with van der Waals surface area (Å²) in [6.45, 7) is 0. The standard InChI is InChI=1S/C12H11O3/c1-2-6-10-9(5-1)14-12(15-10)11-7-3-4-8-13-11/h1-2,4-6,8,11H,3,7H2. The molecule has 15 heavy (non-hydrogen) atoms. The van der Waals surface area contributed by atoms with Crippen LogP contribution in [0.3, 0.4) is 0 Å². The van der Waals surface area contributed by atoms with E-state index in [0.717, 1.165) is 24.3 Å². The van der Waals surface area contributed by atoms with Crippen molar-refractivity contribution in [1.82, 2.24) is 0 Å². The Labute approximate surface area is 88.3 Å². The highest BCUT2D eigenvalue weighted by Gasteiger charge is 2.35. The van der Waals surface area contributed by atoms with Gasteiger partial charge in [-0.2, -0.15) is 0 Å². The van der Waals surface area contributed by atoms with Crippen LogP contribution >= 0.6 is 0 Å². The van der Waals surface area contributed by atoms with Crippen LogP contribution in [-0.2, 0) is 4.74 Å².